The zero-order chi connectivity index (χ0) is 18.6. The minimum atomic E-state index is -1.12. The minimum absolute atomic E-state index is 0.154. The summed E-state index contributed by atoms with van der Waals surface area (Å²) in [7, 11) is 0.339. The topological polar surface area (TPSA) is 95.5 Å². The molecule has 2 heterocycles. The maximum absolute atomic E-state index is 12.4. The number of aromatic nitrogens is 2. The number of ether oxygens (including phenoxy) is 1. The first-order valence-corrected chi connectivity index (χ1v) is 9.86. The Bertz CT molecular complexity index is 754. The van der Waals surface area contributed by atoms with Gasteiger partial charge in [0.1, 0.15) is 6.23 Å². The van der Waals surface area contributed by atoms with Gasteiger partial charge in [0.15, 0.2) is 8.38 Å². The summed E-state index contributed by atoms with van der Waals surface area (Å²) in [5.41, 5.74) is -0.220. The smallest absolute Gasteiger partial charge is 0.332 e. The molecule has 138 valence electrons. The zero-order valence-corrected chi connectivity index (χ0v) is 15.9. The highest BCUT2D eigenvalue weighted by Crippen LogP contribution is 2.42. The summed E-state index contributed by atoms with van der Waals surface area (Å²) in [5, 5.41) is 8.55. The van der Waals surface area contributed by atoms with Crippen LogP contribution < -0.4 is 11.2 Å². The largest absolute Gasteiger partial charge is 0.352 e. The lowest BCUT2D eigenvalue weighted by molar-refractivity contribution is -0.0187. The van der Waals surface area contributed by atoms with Gasteiger partial charge in [-0.25, -0.2) is 4.79 Å². The van der Waals surface area contributed by atoms with Crippen molar-refractivity contribution in [2.24, 2.45) is 7.05 Å². The van der Waals surface area contributed by atoms with E-state index in [0.717, 1.165) is 11.0 Å². The maximum atomic E-state index is 12.4. The standard InChI is InChI=1S/C16H24N3O5P/c1-5-12-13(24-25(4)22-8-6-7-17)9-14(23-12)19-10-11(2)15(20)18(3)16(19)21/h10,12-14H,5-6,8-9H2,1-4H3/t12-,13?,14-,25?/m1/s1. The molecule has 0 aliphatic carbocycles. The third-order valence-corrected chi connectivity index (χ3v) is 5.26. The van der Waals surface area contributed by atoms with E-state index in [1.165, 1.54) is 11.6 Å². The van der Waals surface area contributed by atoms with Crippen molar-refractivity contribution in [3.63, 3.8) is 0 Å². The third kappa shape index (κ3) is 4.56. The van der Waals surface area contributed by atoms with Crippen LogP contribution in [-0.4, -0.2) is 34.6 Å². The molecule has 25 heavy (non-hydrogen) atoms. The van der Waals surface area contributed by atoms with E-state index in [4.69, 9.17) is 19.0 Å². The summed E-state index contributed by atoms with van der Waals surface area (Å²) in [6, 6.07) is 2.03. The number of hydrogen-bond donors (Lipinski definition) is 0. The van der Waals surface area contributed by atoms with Crippen molar-refractivity contribution in [3.8, 4) is 6.07 Å². The molecule has 0 bridgehead atoms. The highest BCUT2D eigenvalue weighted by Gasteiger charge is 2.38. The van der Waals surface area contributed by atoms with Crippen molar-refractivity contribution < 1.29 is 13.8 Å². The van der Waals surface area contributed by atoms with E-state index in [2.05, 4.69) is 0 Å². The molecule has 2 unspecified atom stereocenters. The Morgan fingerprint density at radius 1 is 1.48 bits per heavy atom. The highest BCUT2D eigenvalue weighted by molar-refractivity contribution is 7.46. The van der Waals surface area contributed by atoms with E-state index in [1.807, 2.05) is 19.7 Å². The predicted molar refractivity (Wildman–Crippen MR) is 93.4 cm³/mol. The first-order chi connectivity index (χ1) is 11.9. The molecule has 1 saturated heterocycles. The monoisotopic (exact) mass is 369 g/mol. The van der Waals surface area contributed by atoms with Crippen LogP contribution >= 0.6 is 8.38 Å². The molecule has 8 nitrogen and oxygen atoms in total. The molecule has 0 aromatic carbocycles. The first kappa shape index (κ1) is 19.8. The lowest BCUT2D eigenvalue weighted by Crippen LogP contribution is -2.40. The Labute approximate surface area is 147 Å². The van der Waals surface area contributed by atoms with Gasteiger partial charge in [-0.2, -0.15) is 5.26 Å². The fourth-order valence-electron chi connectivity index (χ4n) is 2.84. The van der Waals surface area contributed by atoms with Gasteiger partial charge < -0.3 is 13.8 Å². The average Bonchev–Trinajstić information content (AvgIpc) is 2.99. The van der Waals surface area contributed by atoms with Crippen molar-refractivity contribution >= 4 is 8.38 Å². The van der Waals surface area contributed by atoms with Crippen molar-refractivity contribution in [3.05, 3.63) is 32.6 Å². The summed E-state index contributed by atoms with van der Waals surface area (Å²) in [6.07, 6.45) is 2.28. The van der Waals surface area contributed by atoms with E-state index < -0.39 is 20.3 Å². The van der Waals surface area contributed by atoms with Gasteiger partial charge in [-0.1, -0.05) is 6.92 Å². The Kier molecular flexibility index (Phi) is 6.91. The summed E-state index contributed by atoms with van der Waals surface area (Å²) >= 11 is 0. The van der Waals surface area contributed by atoms with Crippen molar-refractivity contribution in [2.75, 3.05) is 13.3 Å². The van der Waals surface area contributed by atoms with Crippen LogP contribution in [0.15, 0.2) is 15.8 Å². The molecule has 0 saturated carbocycles. The fraction of sp³-hybridized carbons (Fsp3) is 0.688. The van der Waals surface area contributed by atoms with Crippen LogP contribution in [0.1, 0.15) is 38.0 Å². The third-order valence-electron chi connectivity index (χ3n) is 4.15. The minimum Gasteiger partial charge on any atom is -0.352 e. The SMILES string of the molecule is CC[C@H]1O[C@@H](n2cc(C)c(=O)n(C)c2=O)CC1OP(C)OCCC#N. The van der Waals surface area contributed by atoms with E-state index in [-0.39, 0.29) is 17.8 Å². The van der Waals surface area contributed by atoms with Crippen LogP contribution in [-0.2, 0) is 20.8 Å². The molecule has 1 aliphatic heterocycles. The second kappa shape index (κ2) is 8.72. The van der Waals surface area contributed by atoms with Crippen LogP contribution in [0.5, 0.6) is 0 Å². The van der Waals surface area contributed by atoms with E-state index in [1.54, 1.807) is 13.1 Å². The average molecular weight is 369 g/mol. The summed E-state index contributed by atoms with van der Waals surface area (Å²) in [5.74, 6) is 0. The number of nitriles is 1. The number of nitrogens with zero attached hydrogens (tertiary/aromatic N) is 3. The Morgan fingerprint density at radius 2 is 2.20 bits per heavy atom. The summed E-state index contributed by atoms with van der Waals surface area (Å²) in [4.78, 5) is 24.2. The molecule has 0 spiro atoms. The quantitative estimate of drug-likeness (QED) is 0.537. The van der Waals surface area contributed by atoms with E-state index in [9.17, 15) is 9.59 Å². The van der Waals surface area contributed by atoms with E-state index >= 15 is 0 Å². The Hall–Kier alpha value is -1.52. The van der Waals surface area contributed by atoms with Gasteiger partial charge in [-0.15, -0.1) is 0 Å². The van der Waals surface area contributed by atoms with Gasteiger partial charge in [-0.3, -0.25) is 13.9 Å². The normalized spacial score (nSPS) is 24.2. The van der Waals surface area contributed by atoms with Crippen molar-refractivity contribution in [2.45, 2.75) is 51.5 Å². The molecular formula is C16H24N3O5P. The fourth-order valence-corrected chi connectivity index (χ4v) is 3.85. The number of rotatable bonds is 7. The van der Waals surface area contributed by atoms with Crippen molar-refractivity contribution in [1.82, 2.24) is 9.13 Å². The lowest BCUT2D eigenvalue weighted by Gasteiger charge is -2.20. The molecule has 1 aromatic heterocycles. The molecule has 0 radical (unpaired) electrons. The van der Waals surface area contributed by atoms with Gasteiger partial charge >= 0.3 is 5.69 Å². The zero-order valence-electron chi connectivity index (χ0n) is 15.0. The Balaban J connectivity index is 2.12. The van der Waals surface area contributed by atoms with Crippen LogP contribution in [0.25, 0.3) is 0 Å². The molecule has 4 atom stereocenters. The lowest BCUT2D eigenvalue weighted by atomic mass is 10.1. The molecule has 1 aliphatic rings. The number of aryl methyl sites for hydroxylation is 1. The molecule has 0 amide bonds. The van der Waals surface area contributed by atoms with Gasteiger partial charge in [0.25, 0.3) is 5.56 Å². The number of hydrogen-bond acceptors (Lipinski definition) is 6. The van der Waals surface area contributed by atoms with Gasteiger partial charge in [-0.05, 0) is 13.3 Å². The molecule has 2 rings (SSSR count). The maximum Gasteiger partial charge on any atom is 0.332 e. The molecule has 1 fully saturated rings. The van der Waals surface area contributed by atoms with Gasteiger partial charge in [0.2, 0.25) is 0 Å². The van der Waals surface area contributed by atoms with Crippen molar-refractivity contribution in [1.29, 1.82) is 5.26 Å². The van der Waals surface area contributed by atoms with Gasteiger partial charge in [0, 0.05) is 31.9 Å². The van der Waals surface area contributed by atoms with Gasteiger partial charge in [0.05, 0.1) is 31.3 Å². The van der Waals surface area contributed by atoms with Crippen LogP contribution in [0.4, 0.5) is 0 Å². The second-order valence-electron chi connectivity index (χ2n) is 5.96. The van der Waals surface area contributed by atoms with Crippen LogP contribution in [0.2, 0.25) is 0 Å². The van der Waals surface area contributed by atoms with E-state index in [0.29, 0.717) is 25.0 Å². The second-order valence-corrected chi connectivity index (χ2v) is 7.31. The summed E-state index contributed by atoms with van der Waals surface area (Å²) in [6.45, 7) is 5.85. The van der Waals surface area contributed by atoms with Crippen LogP contribution in [0, 0.1) is 18.3 Å². The molecule has 1 aromatic rings. The predicted octanol–water partition coefficient (Wildman–Crippen LogP) is 1.81. The Morgan fingerprint density at radius 3 is 2.84 bits per heavy atom. The molecular weight excluding hydrogens is 345 g/mol. The first-order valence-electron chi connectivity index (χ1n) is 8.23. The highest BCUT2D eigenvalue weighted by atomic mass is 31.2. The molecule has 0 N–H and O–H groups in total. The van der Waals surface area contributed by atoms with Crippen LogP contribution in [0.3, 0.4) is 0 Å². The molecule has 9 heteroatoms. The summed E-state index contributed by atoms with van der Waals surface area (Å²) < 4.78 is 20.0.